The predicted octanol–water partition coefficient (Wildman–Crippen LogP) is 1.18. The van der Waals surface area contributed by atoms with E-state index in [0.29, 0.717) is 6.42 Å². The third-order valence-corrected chi connectivity index (χ3v) is 1.96. The molecule has 0 saturated heterocycles. The molecule has 0 bridgehead atoms. The Kier molecular flexibility index (Phi) is 3.24. The van der Waals surface area contributed by atoms with Gasteiger partial charge < -0.3 is 5.11 Å². The van der Waals surface area contributed by atoms with Crippen LogP contribution in [0.5, 0.6) is 0 Å². The molecule has 0 saturated carbocycles. The van der Waals surface area contributed by atoms with Gasteiger partial charge in [0.2, 0.25) is 5.78 Å². The van der Waals surface area contributed by atoms with Crippen LogP contribution in [0.2, 0.25) is 0 Å². The van der Waals surface area contributed by atoms with Gasteiger partial charge >= 0.3 is 5.97 Å². The maximum absolute atomic E-state index is 10.8. The van der Waals surface area contributed by atoms with Crippen LogP contribution < -0.4 is 0 Å². The molecule has 0 heterocycles. The van der Waals surface area contributed by atoms with Crippen LogP contribution in [0.15, 0.2) is 12.1 Å². The van der Waals surface area contributed by atoms with Gasteiger partial charge in [-0.1, -0.05) is 18.2 Å². The summed E-state index contributed by atoms with van der Waals surface area (Å²) in [4.78, 5) is 21.0. The van der Waals surface area contributed by atoms with Gasteiger partial charge in [-0.25, -0.2) is 4.79 Å². The Morgan fingerprint density at radius 3 is 2.79 bits per heavy atom. The van der Waals surface area contributed by atoms with Crippen LogP contribution in [0.3, 0.4) is 0 Å². The molecule has 0 amide bonds. The van der Waals surface area contributed by atoms with E-state index in [-0.39, 0.29) is 6.42 Å². The van der Waals surface area contributed by atoms with Crippen LogP contribution in [0.4, 0.5) is 0 Å². The number of carboxylic acid groups (broad SMARTS) is 1. The van der Waals surface area contributed by atoms with Gasteiger partial charge in [-0.2, -0.15) is 0 Å². The molecular formula is C11H10O3. The lowest BCUT2D eigenvalue weighted by atomic mass is 10.0. The van der Waals surface area contributed by atoms with E-state index >= 15 is 0 Å². The Bertz CT molecular complexity index is 355. The molecule has 1 aromatic rings. The summed E-state index contributed by atoms with van der Waals surface area (Å²) >= 11 is 0. The molecule has 0 aromatic heterocycles. The number of carbonyl (C=O) groups is 2. The second-order valence-corrected chi connectivity index (χ2v) is 2.99. The molecule has 0 aliphatic carbocycles. The zero-order valence-corrected chi connectivity index (χ0v) is 7.83. The Morgan fingerprint density at radius 1 is 1.50 bits per heavy atom. The normalized spacial score (nSPS) is 9.21. The minimum absolute atomic E-state index is 0.0184. The average Bonchev–Trinajstić information content (AvgIpc) is 2.16. The van der Waals surface area contributed by atoms with E-state index in [1.165, 1.54) is 0 Å². The number of rotatable bonds is 4. The minimum atomic E-state index is -1.37. The third-order valence-electron chi connectivity index (χ3n) is 1.96. The first kappa shape index (κ1) is 10.3. The van der Waals surface area contributed by atoms with Crippen LogP contribution >= 0.6 is 0 Å². The van der Waals surface area contributed by atoms with Crippen LogP contribution in [0, 0.1) is 19.1 Å². The van der Waals surface area contributed by atoms with E-state index in [1.807, 2.05) is 13.0 Å². The third kappa shape index (κ3) is 2.60. The largest absolute Gasteiger partial charge is 0.476 e. The molecule has 0 spiro atoms. The zero-order chi connectivity index (χ0) is 10.6. The number of hydrogen-bond acceptors (Lipinski definition) is 2. The number of hydrogen-bond donors (Lipinski definition) is 1. The molecule has 3 heteroatoms. The number of aryl methyl sites for hydroxylation is 1. The highest BCUT2D eigenvalue weighted by Gasteiger charge is 2.11. The second-order valence-electron chi connectivity index (χ2n) is 2.99. The van der Waals surface area contributed by atoms with Gasteiger partial charge in [-0.3, -0.25) is 4.79 Å². The second kappa shape index (κ2) is 4.43. The van der Waals surface area contributed by atoms with Crippen LogP contribution in [-0.2, 0) is 16.0 Å². The summed E-state index contributed by atoms with van der Waals surface area (Å²) in [5.74, 6) is -2.13. The first-order chi connectivity index (χ1) is 6.61. The van der Waals surface area contributed by atoms with Crippen LogP contribution in [0.1, 0.15) is 17.5 Å². The summed E-state index contributed by atoms with van der Waals surface area (Å²) in [5, 5.41) is 8.36. The lowest BCUT2D eigenvalue weighted by Crippen LogP contribution is -2.13. The molecule has 14 heavy (non-hydrogen) atoms. The minimum Gasteiger partial charge on any atom is -0.476 e. The topological polar surface area (TPSA) is 54.4 Å². The van der Waals surface area contributed by atoms with Gasteiger partial charge in [0.05, 0.1) is 0 Å². The summed E-state index contributed by atoms with van der Waals surface area (Å²) in [6.07, 6.45) is 0.429. The highest BCUT2D eigenvalue weighted by Crippen LogP contribution is 2.06. The van der Waals surface area contributed by atoms with Gasteiger partial charge in [0.1, 0.15) is 0 Å². The van der Waals surface area contributed by atoms with Crippen molar-refractivity contribution in [1.82, 2.24) is 0 Å². The van der Waals surface area contributed by atoms with Gasteiger partial charge in [0.15, 0.2) is 0 Å². The Hall–Kier alpha value is -1.82. The highest BCUT2D eigenvalue weighted by molar-refractivity contribution is 6.32. The van der Waals surface area contributed by atoms with Gasteiger partial charge in [0, 0.05) is 12.0 Å². The number of carboxylic acids is 1. The summed E-state index contributed by atoms with van der Waals surface area (Å²) in [5.41, 5.74) is 1.85. The van der Waals surface area contributed by atoms with Crippen molar-refractivity contribution in [3.05, 3.63) is 35.4 Å². The maximum atomic E-state index is 10.8. The number of carbonyl (C=O) groups excluding carboxylic acids is 1. The SMILES string of the molecule is Cc1ccc#cc1CCC(=O)C(=O)O. The van der Waals surface area contributed by atoms with Crippen molar-refractivity contribution in [3.8, 4) is 0 Å². The molecule has 1 N–H and O–H groups in total. The van der Waals surface area contributed by atoms with E-state index < -0.39 is 11.8 Å². The number of Topliss-reactive ketones (excluding diaryl/α,β-unsaturated/α-hetero) is 1. The smallest absolute Gasteiger partial charge is 0.372 e. The van der Waals surface area contributed by atoms with Crippen molar-refractivity contribution in [2.45, 2.75) is 19.8 Å². The van der Waals surface area contributed by atoms with Gasteiger partial charge in [-0.05, 0) is 25.0 Å². The lowest BCUT2D eigenvalue weighted by molar-refractivity contribution is -0.149. The van der Waals surface area contributed by atoms with Crippen molar-refractivity contribution >= 4 is 11.8 Å². The maximum Gasteiger partial charge on any atom is 0.372 e. The average molecular weight is 190 g/mol. The quantitative estimate of drug-likeness (QED) is 0.725. The summed E-state index contributed by atoms with van der Waals surface area (Å²) in [6.45, 7) is 1.89. The van der Waals surface area contributed by atoms with Crippen molar-refractivity contribution in [1.29, 1.82) is 0 Å². The van der Waals surface area contributed by atoms with Crippen molar-refractivity contribution in [2.75, 3.05) is 0 Å². The summed E-state index contributed by atoms with van der Waals surface area (Å²) < 4.78 is 0. The molecule has 0 atom stereocenters. The van der Waals surface area contributed by atoms with E-state index in [4.69, 9.17) is 5.11 Å². The molecule has 1 aromatic carbocycles. The number of ketones is 1. The first-order valence-electron chi connectivity index (χ1n) is 4.25. The van der Waals surface area contributed by atoms with E-state index in [2.05, 4.69) is 12.1 Å². The Morgan fingerprint density at radius 2 is 2.21 bits per heavy atom. The van der Waals surface area contributed by atoms with Crippen molar-refractivity contribution in [3.63, 3.8) is 0 Å². The molecule has 0 fully saturated rings. The van der Waals surface area contributed by atoms with Crippen molar-refractivity contribution in [2.24, 2.45) is 0 Å². The van der Waals surface area contributed by atoms with E-state index in [1.54, 1.807) is 6.07 Å². The fourth-order valence-corrected chi connectivity index (χ4v) is 1.10. The molecule has 3 nitrogen and oxygen atoms in total. The Labute approximate surface area is 82.4 Å². The molecule has 0 aliphatic rings. The van der Waals surface area contributed by atoms with Gasteiger partial charge in [0.25, 0.3) is 0 Å². The van der Waals surface area contributed by atoms with E-state index in [0.717, 1.165) is 11.1 Å². The molecular weight excluding hydrogens is 180 g/mol. The fourth-order valence-electron chi connectivity index (χ4n) is 1.10. The predicted molar refractivity (Wildman–Crippen MR) is 49.8 cm³/mol. The first-order valence-corrected chi connectivity index (χ1v) is 4.25. The molecule has 72 valence electrons. The summed E-state index contributed by atoms with van der Waals surface area (Å²) in [7, 11) is 0. The van der Waals surface area contributed by atoms with Gasteiger partial charge in [-0.15, -0.1) is 0 Å². The zero-order valence-electron chi connectivity index (χ0n) is 7.83. The molecule has 0 aliphatic heterocycles. The highest BCUT2D eigenvalue weighted by atomic mass is 16.4. The van der Waals surface area contributed by atoms with Crippen LogP contribution in [0.25, 0.3) is 0 Å². The monoisotopic (exact) mass is 190 g/mol. The Balaban J connectivity index is 2.58. The molecule has 0 radical (unpaired) electrons. The number of aliphatic carboxylic acids is 1. The molecule has 1 rings (SSSR count). The standard InChI is InChI=1S/C11H10O3/c1-8-4-2-3-5-9(8)6-7-10(12)11(13)14/h2,4H,6-7H2,1H3,(H,13,14). The van der Waals surface area contributed by atoms with Crippen molar-refractivity contribution < 1.29 is 14.7 Å². The fraction of sp³-hybridized carbons (Fsp3) is 0.273. The summed E-state index contributed by atoms with van der Waals surface area (Å²) in [6, 6.07) is 9.22. The van der Waals surface area contributed by atoms with Crippen LogP contribution in [-0.4, -0.2) is 16.9 Å². The lowest BCUT2D eigenvalue weighted by Gasteiger charge is -1.99. The molecule has 0 unspecified atom stereocenters. The van der Waals surface area contributed by atoms with E-state index in [9.17, 15) is 9.59 Å².